The van der Waals surface area contributed by atoms with Crippen molar-refractivity contribution in [1.82, 2.24) is 9.80 Å². The molecule has 2 aromatic rings. The molecule has 0 bridgehead atoms. The van der Waals surface area contributed by atoms with Crippen molar-refractivity contribution in [1.29, 1.82) is 0 Å². The molecule has 2 aliphatic heterocycles. The van der Waals surface area contributed by atoms with Crippen molar-refractivity contribution in [2.75, 3.05) is 52.6 Å². The number of unbranched alkanes of at least 4 members (excludes halogenated alkanes) is 1. The molecule has 1 amide bonds. The lowest BCUT2D eigenvalue weighted by Gasteiger charge is -2.27. The van der Waals surface area contributed by atoms with Crippen LogP contribution in [0.2, 0.25) is 0 Å². The summed E-state index contributed by atoms with van der Waals surface area (Å²) in [6.07, 6.45) is 2.60. The zero-order valence-corrected chi connectivity index (χ0v) is 24.6. The maximum atomic E-state index is 13.5. The Labute approximate surface area is 242 Å². The molecule has 0 unspecified atom stereocenters. The number of aliphatic hydroxyl groups excluding tert-OH is 1. The average Bonchev–Trinajstić information content (AvgIpc) is 3.24. The van der Waals surface area contributed by atoms with Crippen molar-refractivity contribution >= 4 is 17.4 Å². The van der Waals surface area contributed by atoms with E-state index in [-0.39, 0.29) is 11.3 Å². The fourth-order valence-corrected chi connectivity index (χ4v) is 5.22. The number of carbonyl (C=O) groups excluding carboxylic acids is 2. The highest BCUT2D eigenvalue weighted by molar-refractivity contribution is 6.46. The van der Waals surface area contributed by atoms with Crippen LogP contribution in [-0.2, 0) is 9.59 Å². The smallest absolute Gasteiger partial charge is 0.295 e. The third-order valence-electron chi connectivity index (χ3n) is 7.46. The second-order valence-electron chi connectivity index (χ2n) is 10.1. The normalized spacial score (nSPS) is 17.8. The number of hydrogen-bond donors (Lipinski definition) is 1. The van der Waals surface area contributed by atoms with Crippen LogP contribution in [0.3, 0.4) is 0 Å². The van der Waals surface area contributed by atoms with Gasteiger partial charge in [0.2, 0.25) is 0 Å². The maximum absolute atomic E-state index is 13.5. The molecule has 4 rings (SSSR count). The highest BCUT2D eigenvalue weighted by Crippen LogP contribution is 2.43. The van der Waals surface area contributed by atoms with Gasteiger partial charge in [-0.15, -0.1) is 0 Å². The second kappa shape index (κ2) is 14.3. The number of carbonyl (C=O) groups is 2. The molecule has 0 saturated carbocycles. The Hall–Kier alpha value is -3.72. The number of benzene rings is 2. The van der Waals surface area contributed by atoms with Crippen molar-refractivity contribution in [2.24, 2.45) is 0 Å². The fourth-order valence-electron chi connectivity index (χ4n) is 5.22. The summed E-state index contributed by atoms with van der Waals surface area (Å²) >= 11 is 0. The van der Waals surface area contributed by atoms with Gasteiger partial charge in [-0.2, -0.15) is 0 Å². The topological polar surface area (TPSA) is 97.8 Å². The number of aliphatic hydroxyl groups is 1. The SMILES string of the molecule is CCCCOc1ccc([C@@H]2C(=C(O)c3ccc4c(c3)OCCO4)C(=O)C(=O)N2CCCN(CC)CC)cc1OCC. The minimum absolute atomic E-state index is 0.0385. The van der Waals surface area contributed by atoms with E-state index in [2.05, 4.69) is 25.7 Å². The van der Waals surface area contributed by atoms with Crippen LogP contribution in [0.4, 0.5) is 0 Å². The summed E-state index contributed by atoms with van der Waals surface area (Å²) < 4.78 is 23.2. The molecule has 1 fully saturated rings. The number of Topliss-reactive ketones (excluding diaryl/α,β-unsaturated/α-hetero) is 1. The van der Waals surface area contributed by atoms with Crippen molar-refractivity contribution < 1.29 is 33.6 Å². The summed E-state index contributed by atoms with van der Waals surface area (Å²) in [4.78, 5) is 30.8. The van der Waals surface area contributed by atoms with Crippen LogP contribution in [0.25, 0.3) is 5.76 Å². The van der Waals surface area contributed by atoms with Crippen LogP contribution in [0, 0.1) is 0 Å². The van der Waals surface area contributed by atoms with Gasteiger partial charge < -0.3 is 33.9 Å². The summed E-state index contributed by atoms with van der Waals surface area (Å²) in [5.41, 5.74) is 1.08. The lowest BCUT2D eigenvalue weighted by atomic mass is 9.94. The highest BCUT2D eigenvalue weighted by atomic mass is 16.6. The van der Waals surface area contributed by atoms with Gasteiger partial charge in [0.25, 0.3) is 11.7 Å². The van der Waals surface area contributed by atoms with Gasteiger partial charge >= 0.3 is 0 Å². The first-order chi connectivity index (χ1) is 19.9. The number of ether oxygens (including phenoxy) is 4. The molecule has 1 N–H and O–H groups in total. The molecule has 41 heavy (non-hydrogen) atoms. The minimum Gasteiger partial charge on any atom is -0.507 e. The van der Waals surface area contributed by atoms with E-state index in [1.807, 2.05) is 25.1 Å². The molecule has 0 radical (unpaired) electrons. The van der Waals surface area contributed by atoms with Crippen molar-refractivity contribution in [2.45, 2.75) is 53.0 Å². The van der Waals surface area contributed by atoms with E-state index in [0.29, 0.717) is 73.5 Å². The molecule has 2 aromatic carbocycles. The predicted octanol–water partition coefficient (Wildman–Crippen LogP) is 5.19. The Morgan fingerprint density at radius 1 is 0.951 bits per heavy atom. The first kappa shape index (κ1) is 30.2. The molecule has 1 saturated heterocycles. The molecular weight excluding hydrogens is 524 g/mol. The maximum Gasteiger partial charge on any atom is 0.295 e. The van der Waals surface area contributed by atoms with Gasteiger partial charge in [-0.25, -0.2) is 0 Å². The Kier molecular flexibility index (Phi) is 10.5. The number of likely N-dealkylation sites (tertiary alicyclic amines) is 1. The van der Waals surface area contributed by atoms with Crippen LogP contribution < -0.4 is 18.9 Å². The minimum atomic E-state index is -0.788. The molecule has 0 spiro atoms. The van der Waals surface area contributed by atoms with Gasteiger partial charge in [-0.3, -0.25) is 9.59 Å². The molecular formula is C32H42N2O7. The Balaban J connectivity index is 1.76. The van der Waals surface area contributed by atoms with Crippen LogP contribution in [0.5, 0.6) is 23.0 Å². The molecule has 2 heterocycles. The van der Waals surface area contributed by atoms with E-state index >= 15 is 0 Å². The van der Waals surface area contributed by atoms with E-state index in [4.69, 9.17) is 18.9 Å². The van der Waals surface area contributed by atoms with E-state index < -0.39 is 17.7 Å². The van der Waals surface area contributed by atoms with E-state index in [0.717, 1.165) is 32.5 Å². The lowest BCUT2D eigenvalue weighted by molar-refractivity contribution is -0.140. The standard InChI is InChI=1S/C32H42N2O7/c1-5-9-17-39-24-13-11-22(20-26(24)38-8-4)29-28(30(35)23-12-14-25-27(21-23)41-19-18-40-25)31(36)32(37)34(29)16-10-15-33(6-2)7-3/h11-14,20-21,29,35H,5-10,15-19H2,1-4H3/t29-/m1/s1. The van der Waals surface area contributed by atoms with Crippen LogP contribution in [-0.4, -0.2) is 79.2 Å². The predicted molar refractivity (Wildman–Crippen MR) is 157 cm³/mol. The van der Waals surface area contributed by atoms with Crippen molar-refractivity contribution in [3.05, 3.63) is 53.1 Å². The zero-order chi connectivity index (χ0) is 29.4. The average molecular weight is 567 g/mol. The molecule has 9 heteroatoms. The van der Waals surface area contributed by atoms with Crippen molar-refractivity contribution in [3.63, 3.8) is 0 Å². The number of nitrogens with zero attached hydrogens (tertiary/aromatic N) is 2. The fraction of sp³-hybridized carbons (Fsp3) is 0.500. The molecule has 0 aliphatic carbocycles. The Morgan fingerprint density at radius 3 is 2.41 bits per heavy atom. The largest absolute Gasteiger partial charge is 0.507 e. The molecule has 1 atom stereocenters. The number of ketones is 1. The molecule has 2 aliphatic rings. The highest BCUT2D eigenvalue weighted by Gasteiger charge is 2.46. The number of rotatable bonds is 14. The van der Waals surface area contributed by atoms with Gasteiger partial charge in [0, 0.05) is 12.1 Å². The van der Waals surface area contributed by atoms with Gasteiger partial charge in [0.1, 0.15) is 19.0 Å². The molecule has 9 nitrogen and oxygen atoms in total. The van der Waals surface area contributed by atoms with E-state index in [1.54, 1.807) is 23.1 Å². The summed E-state index contributed by atoms with van der Waals surface area (Å²) in [6.45, 7) is 13.0. The Bertz CT molecular complexity index is 1250. The van der Waals surface area contributed by atoms with Gasteiger partial charge in [-0.05, 0) is 75.3 Å². The number of amides is 1. The third kappa shape index (κ3) is 6.78. The van der Waals surface area contributed by atoms with E-state index in [9.17, 15) is 14.7 Å². The number of hydrogen-bond acceptors (Lipinski definition) is 8. The van der Waals surface area contributed by atoms with Gasteiger partial charge in [0.15, 0.2) is 23.0 Å². The Morgan fingerprint density at radius 2 is 1.71 bits per heavy atom. The monoisotopic (exact) mass is 566 g/mol. The first-order valence-electron chi connectivity index (χ1n) is 14.7. The summed E-state index contributed by atoms with van der Waals surface area (Å²) in [5.74, 6) is 0.599. The molecule has 0 aromatic heterocycles. The number of fused-ring (bicyclic) bond motifs is 1. The van der Waals surface area contributed by atoms with Crippen LogP contribution in [0.15, 0.2) is 42.0 Å². The summed E-state index contributed by atoms with van der Waals surface area (Å²) in [5, 5.41) is 11.5. The van der Waals surface area contributed by atoms with Gasteiger partial charge in [0.05, 0.1) is 24.8 Å². The molecule has 222 valence electrons. The first-order valence-corrected chi connectivity index (χ1v) is 14.7. The second-order valence-corrected chi connectivity index (χ2v) is 10.1. The van der Waals surface area contributed by atoms with Gasteiger partial charge in [-0.1, -0.05) is 33.3 Å². The summed E-state index contributed by atoms with van der Waals surface area (Å²) in [6, 6.07) is 9.70. The van der Waals surface area contributed by atoms with Crippen LogP contribution in [0.1, 0.15) is 64.1 Å². The zero-order valence-electron chi connectivity index (χ0n) is 24.6. The van der Waals surface area contributed by atoms with Crippen molar-refractivity contribution in [3.8, 4) is 23.0 Å². The van der Waals surface area contributed by atoms with E-state index in [1.165, 1.54) is 0 Å². The third-order valence-corrected chi connectivity index (χ3v) is 7.46. The van der Waals surface area contributed by atoms with Crippen LogP contribution >= 0.6 is 0 Å². The summed E-state index contributed by atoms with van der Waals surface area (Å²) in [7, 11) is 0. The lowest BCUT2D eigenvalue weighted by Crippen LogP contribution is -2.33. The quantitative estimate of drug-likeness (QED) is 0.144.